The molecule has 1 aliphatic heterocycles. The fraction of sp³-hybridized carbons (Fsp3) is 0.433. The molecule has 0 radical (unpaired) electrons. The van der Waals surface area contributed by atoms with E-state index in [0.29, 0.717) is 18.7 Å². The lowest BCUT2D eigenvalue weighted by Crippen LogP contribution is -2.48. The Morgan fingerprint density at radius 2 is 1.81 bits per heavy atom. The van der Waals surface area contributed by atoms with Gasteiger partial charge in [-0.1, -0.05) is 30.3 Å². The minimum atomic E-state index is -0.676. The van der Waals surface area contributed by atoms with Gasteiger partial charge in [-0.3, -0.25) is 9.59 Å². The minimum Gasteiger partial charge on any atom is -0.426 e. The number of piperidine rings is 1. The number of carbonyl (C=O) groups excluding carboxylic acids is 2. The first-order valence-corrected chi connectivity index (χ1v) is 13.0. The van der Waals surface area contributed by atoms with Crippen LogP contribution in [0.3, 0.4) is 0 Å². The third-order valence-corrected chi connectivity index (χ3v) is 7.00. The van der Waals surface area contributed by atoms with Crippen LogP contribution in [0.4, 0.5) is 0 Å². The van der Waals surface area contributed by atoms with Gasteiger partial charge >= 0.3 is 5.97 Å². The van der Waals surface area contributed by atoms with Crippen molar-refractivity contribution in [2.24, 2.45) is 11.1 Å². The number of hydrogen-bond donors (Lipinski definition) is 2. The molecule has 1 aromatic heterocycles. The van der Waals surface area contributed by atoms with Crippen molar-refractivity contribution in [2.45, 2.75) is 72.4 Å². The molecular formula is C30H38N4O3. The summed E-state index contributed by atoms with van der Waals surface area (Å²) >= 11 is 0. The van der Waals surface area contributed by atoms with Crippen molar-refractivity contribution >= 4 is 11.9 Å². The number of carbonyl (C=O) groups is 2. The number of nitrogens with zero attached hydrogens (tertiary/aromatic N) is 2. The van der Waals surface area contributed by atoms with Gasteiger partial charge in [-0.15, -0.1) is 0 Å². The van der Waals surface area contributed by atoms with E-state index >= 15 is 0 Å². The van der Waals surface area contributed by atoms with Gasteiger partial charge in [0.25, 0.3) is 0 Å². The molecule has 1 saturated heterocycles. The van der Waals surface area contributed by atoms with E-state index in [-0.39, 0.29) is 17.9 Å². The number of amides is 1. The Morgan fingerprint density at radius 1 is 1.14 bits per heavy atom. The SMILES string of the molecule is Cc1cc(OC(=O)C(C)(C)C)cc(C)c1CC(N)C(=O)N1CCCC[C@H]1c1nc(-c2ccccc2)c[nH]1. The molecule has 0 spiro atoms. The zero-order valence-electron chi connectivity index (χ0n) is 22.5. The van der Waals surface area contributed by atoms with E-state index in [2.05, 4.69) is 4.98 Å². The standard InChI is InChI=1S/C30H38N4O3/c1-19-15-22(37-29(36)30(3,4)5)16-20(2)23(19)17-24(31)28(35)34-14-10-9-13-26(34)27-32-18-25(33-27)21-11-7-6-8-12-21/h6-8,11-12,15-16,18,24,26H,9-10,13-14,17,31H2,1-5H3,(H,32,33)/t24?,26-/m0/s1. The average molecular weight is 503 g/mol. The molecule has 7 heteroatoms. The lowest BCUT2D eigenvalue weighted by atomic mass is 9.94. The number of H-pyrrole nitrogens is 1. The second-order valence-electron chi connectivity index (χ2n) is 11.1. The fourth-order valence-electron chi connectivity index (χ4n) is 4.86. The molecule has 37 heavy (non-hydrogen) atoms. The fourth-order valence-corrected chi connectivity index (χ4v) is 4.86. The minimum absolute atomic E-state index is 0.0654. The maximum atomic E-state index is 13.6. The summed E-state index contributed by atoms with van der Waals surface area (Å²) in [5.74, 6) is 0.970. The van der Waals surface area contributed by atoms with Crippen LogP contribution in [0.1, 0.15) is 68.6 Å². The van der Waals surface area contributed by atoms with Crippen LogP contribution in [0, 0.1) is 19.3 Å². The normalized spacial score (nSPS) is 16.9. The lowest BCUT2D eigenvalue weighted by molar-refractivity contribution is -0.143. The Morgan fingerprint density at radius 3 is 2.46 bits per heavy atom. The van der Waals surface area contributed by atoms with Crippen molar-refractivity contribution in [1.29, 1.82) is 0 Å². The second kappa shape index (κ2) is 10.9. The van der Waals surface area contributed by atoms with Crippen LogP contribution < -0.4 is 10.5 Å². The molecule has 0 aliphatic carbocycles. The number of imidazole rings is 1. The summed E-state index contributed by atoms with van der Waals surface area (Å²) < 4.78 is 5.58. The molecule has 2 aromatic carbocycles. The summed E-state index contributed by atoms with van der Waals surface area (Å²) in [6.07, 6.45) is 5.17. The number of benzene rings is 2. The van der Waals surface area contributed by atoms with Crippen LogP contribution in [0.15, 0.2) is 48.7 Å². The highest BCUT2D eigenvalue weighted by atomic mass is 16.5. The number of nitrogens with two attached hydrogens (primary N) is 1. The number of hydrogen-bond acceptors (Lipinski definition) is 5. The molecule has 0 saturated carbocycles. The summed E-state index contributed by atoms with van der Waals surface area (Å²) in [7, 11) is 0. The smallest absolute Gasteiger partial charge is 0.316 e. The van der Waals surface area contributed by atoms with E-state index < -0.39 is 11.5 Å². The third kappa shape index (κ3) is 6.10. The number of rotatable bonds is 6. The molecule has 3 N–H and O–H groups in total. The van der Waals surface area contributed by atoms with Crippen LogP contribution in [0.5, 0.6) is 5.75 Å². The Bertz CT molecular complexity index is 1240. The Kier molecular flexibility index (Phi) is 7.83. The van der Waals surface area contributed by atoms with Gasteiger partial charge < -0.3 is 20.4 Å². The molecular weight excluding hydrogens is 464 g/mol. The van der Waals surface area contributed by atoms with Crippen molar-refractivity contribution in [1.82, 2.24) is 14.9 Å². The van der Waals surface area contributed by atoms with Gasteiger partial charge in [-0.25, -0.2) is 4.98 Å². The van der Waals surface area contributed by atoms with E-state index in [1.807, 2.05) is 88.2 Å². The molecule has 1 amide bonds. The number of esters is 1. The van der Waals surface area contributed by atoms with Crippen molar-refractivity contribution in [3.63, 3.8) is 0 Å². The molecule has 1 aliphatic rings. The average Bonchev–Trinajstić information content (AvgIpc) is 3.36. The number of aromatic nitrogens is 2. The van der Waals surface area contributed by atoms with Crippen molar-refractivity contribution < 1.29 is 14.3 Å². The predicted molar refractivity (Wildman–Crippen MR) is 145 cm³/mol. The predicted octanol–water partition coefficient (Wildman–Crippen LogP) is 5.27. The van der Waals surface area contributed by atoms with Gasteiger partial charge in [0.15, 0.2) is 0 Å². The summed E-state index contributed by atoms with van der Waals surface area (Å²) in [4.78, 5) is 35.9. The first-order valence-electron chi connectivity index (χ1n) is 13.0. The van der Waals surface area contributed by atoms with Crippen molar-refractivity contribution in [3.8, 4) is 17.0 Å². The zero-order chi connectivity index (χ0) is 26.7. The topological polar surface area (TPSA) is 101 Å². The molecule has 2 heterocycles. The Balaban J connectivity index is 1.49. The third-order valence-electron chi connectivity index (χ3n) is 7.00. The highest BCUT2D eigenvalue weighted by molar-refractivity contribution is 5.83. The highest BCUT2D eigenvalue weighted by Crippen LogP contribution is 2.32. The van der Waals surface area contributed by atoms with E-state index in [1.54, 1.807) is 0 Å². The first-order chi connectivity index (χ1) is 17.5. The van der Waals surface area contributed by atoms with Crippen molar-refractivity contribution in [2.75, 3.05) is 6.54 Å². The van der Waals surface area contributed by atoms with Gasteiger partial charge in [0.1, 0.15) is 11.6 Å². The molecule has 196 valence electrons. The highest BCUT2D eigenvalue weighted by Gasteiger charge is 2.33. The largest absolute Gasteiger partial charge is 0.426 e. The molecule has 7 nitrogen and oxygen atoms in total. The lowest BCUT2D eigenvalue weighted by Gasteiger charge is -2.36. The van der Waals surface area contributed by atoms with E-state index in [0.717, 1.165) is 53.0 Å². The molecule has 4 rings (SSSR count). The number of aromatic amines is 1. The monoisotopic (exact) mass is 502 g/mol. The Hall–Kier alpha value is -3.45. The van der Waals surface area contributed by atoms with Gasteiger partial charge in [0, 0.05) is 18.3 Å². The van der Waals surface area contributed by atoms with Gasteiger partial charge in [0.05, 0.1) is 23.2 Å². The summed E-state index contributed by atoms with van der Waals surface area (Å²) in [5.41, 5.74) is 10.8. The zero-order valence-corrected chi connectivity index (χ0v) is 22.5. The van der Waals surface area contributed by atoms with Crippen LogP contribution in [0.2, 0.25) is 0 Å². The van der Waals surface area contributed by atoms with E-state index in [4.69, 9.17) is 15.5 Å². The molecule has 1 fully saturated rings. The molecule has 1 unspecified atom stereocenters. The van der Waals surface area contributed by atoms with Crippen LogP contribution in [-0.2, 0) is 16.0 Å². The van der Waals surface area contributed by atoms with Crippen LogP contribution >= 0.6 is 0 Å². The number of aryl methyl sites for hydroxylation is 2. The molecule has 2 atom stereocenters. The van der Waals surface area contributed by atoms with Gasteiger partial charge in [-0.2, -0.15) is 0 Å². The quantitative estimate of drug-likeness (QED) is 0.353. The van der Waals surface area contributed by atoms with Gasteiger partial charge in [-0.05, 0) is 89.1 Å². The summed E-state index contributed by atoms with van der Waals surface area (Å²) in [5, 5.41) is 0. The van der Waals surface area contributed by atoms with Gasteiger partial charge in [0.2, 0.25) is 5.91 Å². The van der Waals surface area contributed by atoms with E-state index in [1.165, 1.54) is 0 Å². The van der Waals surface area contributed by atoms with Crippen molar-refractivity contribution in [3.05, 3.63) is 71.2 Å². The Labute approximate surface area is 219 Å². The van der Waals surface area contributed by atoms with Crippen LogP contribution in [-0.4, -0.2) is 39.3 Å². The molecule has 0 bridgehead atoms. The summed E-state index contributed by atoms with van der Waals surface area (Å²) in [6, 6.07) is 12.9. The maximum absolute atomic E-state index is 13.6. The van der Waals surface area contributed by atoms with E-state index in [9.17, 15) is 9.59 Å². The van der Waals surface area contributed by atoms with Crippen LogP contribution in [0.25, 0.3) is 11.3 Å². The molecule has 3 aromatic rings. The summed E-state index contributed by atoms with van der Waals surface area (Å²) in [6.45, 7) is 10.1. The number of likely N-dealkylation sites (tertiary alicyclic amines) is 1. The number of nitrogens with one attached hydrogen (secondary N) is 1. The first kappa shape index (κ1) is 26.6. The second-order valence-corrected chi connectivity index (χ2v) is 11.1. The maximum Gasteiger partial charge on any atom is 0.316 e. The number of ether oxygens (including phenoxy) is 1.